The van der Waals surface area contributed by atoms with Gasteiger partial charge < -0.3 is 15.1 Å². The summed E-state index contributed by atoms with van der Waals surface area (Å²) in [4.78, 5) is 45.1. The van der Waals surface area contributed by atoms with E-state index in [9.17, 15) is 14.4 Å². The largest absolute Gasteiger partial charge is 0.349 e. The Morgan fingerprint density at radius 3 is 2.35 bits per heavy atom. The van der Waals surface area contributed by atoms with E-state index in [1.54, 1.807) is 4.90 Å². The van der Waals surface area contributed by atoms with Crippen LogP contribution in [0.3, 0.4) is 0 Å². The molecule has 2 aromatic rings. The normalized spacial score (nSPS) is 20.5. The molecule has 5 rings (SSSR count). The lowest BCUT2D eigenvalue weighted by atomic mass is 9.85. The zero-order valence-corrected chi connectivity index (χ0v) is 23.0. The minimum atomic E-state index is -0.753. The van der Waals surface area contributed by atoms with E-state index >= 15 is 0 Å². The molecule has 7 nitrogen and oxygen atoms in total. The second kappa shape index (κ2) is 11.0. The Kier molecular flexibility index (Phi) is 7.67. The zero-order valence-electron chi connectivity index (χ0n) is 21.4. The molecule has 1 N–H and O–H groups in total. The van der Waals surface area contributed by atoms with Gasteiger partial charge in [0.05, 0.1) is 12.6 Å². The molecule has 8 heteroatoms. The maximum absolute atomic E-state index is 13.7. The molecular formula is C29H35BrN4O3. The summed E-state index contributed by atoms with van der Waals surface area (Å²) in [6.45, 7) is 5.10. The Bertz CT molecular complexity index is 1130. The van der Waals surface area contributed by atoms with Crippen molar-refractivity contribution in [3.8, 4) is 0 Å². The van der Waals surface area contributed by atoms with Crippen molar-refractivity contribution >= 4 is 33.8 Å². The van der Waals surface area contributed by atoms with E-state index < -0.39 is 5.54 Å². The molecule has 2 heterocycles. The minimum absolute atomic E-state index is 0.0200. The second-order valence-corrected chi connectivity index (χ2v) is 11.4. The Morgan fingerprint density at radius 1 is 1.05 bits per heavy atom. The molecule has 1 aliphatic carbocycles. The number of carbonyl (C=O) groups excluding carboxylic acids is 3. The van der Waals surface area contributed by atoms with Gasteiger partial charge in [-0.25, -0.2) is 4.79 Å². The molecule has 2 saturated heterocycles. The molecule has 2 aliphatic heterocycles. The number of piperidine rings is 1. The average molecular weight is 568 g/mol. The van der Waals surface area contributed by atoms with Crippen molar-refractivity contribution in [1.82, 2.24) is 20.0 Å². The molecule has 1 spiro atoms. The van der Waals surface area contributed by atoms with E-state index in [1.807, 2.05) is 49.4 Å². The SMILES string of the molecule is CCN1C(=O)N(Cc2ccc(Br)cc2)C(=O)C12CCN(CC[C@H](NC(=O)C1CC1)c1ccccc1)CC2. The number of likely N-dealkylation sites (tertiary alicyclic amines) is 1. The van der Waals surface area contributed by atoms with Crippen LogP contribution >= 0.6 is 15.9 Å². The third-order valence-electron chi connectivity index (χ3n) is 8.08. The van der Waals surface area contributed by atoms with Crippen LogP contribution in [0.2, 0.25) is 0 Å². The van der Waals surface area contributed by atoms with Crippen LogP contribution in [0, 0.1) is 5.92 Å². The van der Waals surface area contributed by atoms with Crippen LogP contribution in [0.5, 0.6) is 0 Å². The fraction of sp³-hybridized carbons (Fsp3) is 0.483. The van der Waals surface area contributed by atoms with Gasteiger partial charge in [-0.2, -0.15) is 0 Å². The van der Waals surface area contributed by atoms with E-state index in [2.05, 4.69) is 38.3 Å². The number of benzene rings is 2. The number of nitrogens with one attached hydrogen (secondary N) is 1. The molecule has 3 aliphatic rings. The van der Waals surface area contributed by atoms with E-state index in [0.29, 0.717) is 25.9 Å². The Balaban J connectivity index is 1.22. The van der Waals surface area contributed by atoms with Crippen LogP contribution in [0.1, 0.15) is 56.2 Å². The summed E-state index contributed by atoms with van der Waals surface area (Å²) in [6, 6.07) is 17.7. The van der Waals surface area contributed by atoms with Crippen molar-refractivity contribution in [3.63, 3.8) is 0 Å². The maximum Gasteiger partial charge on any atom is 0.327 e. The fourth-order valence-electron chi connectivity index (χ4n) is 5.72. The predicted octanol–water partition coefficient (Wildman–Crippen LogP) is 4.73. The first-order valence-corrected chi connectivity index (χ1v) is 14.2. The number of nitrogens with zero attached hydrogens (tertiary/aromatic N) is 3. The smallest absolute Gasteiger partial charge is 0.327 e. The van der Waals surface area contributed by atoms with E-state index in [-0.39, 0.29) is 29.8 Å². The van der Waals surface area contributed by atoms with Crippen molar-refractivity contribution in [1.29, 1.82) is 0 Å². The first-order valence-electron chi connectivity index (χ1n) is 13.4. The van der Waals surface area contributed by atoms with Crippen LogP contribution in [0.4, 0.5) is 4.79 Å². The summed E-state index contributed by atoms with van der Waals surface area (Å²) in [7, 11) is 0. The molecule has 196 valence electrons. The number of urea groups is 1. The molecule has 37 heavy (non-hydrogen) atoms. The molecule has 0 bridgehead atoms. The number of imide groups is 1. The van der Waals surface area contributed by atoms with Gasteiger partial charge in [0.2, 0.25) is 5.91 Å². The van der Waals surface area contributed by atoms with Crippen LogP contribution in [0.25, 0.3) is 0 Å². The standard InChI is InChI=1S/C29H35BrN4O3/c1-2-34-28(37)33(20-21-8-12-24(30)13-9-21)27(36)29(34)15-18-32(19-16-29)17-14-25(22-6-4-3-5-7-22)31-26(35)23-10-11-23/h3-9,12-13,23,25H,2,10-11,14-20H2,1H3,(H,31,35)/t25-/m0/s1. The third kappa shape index (κ3) is 5.46. The van der Waals surface area contributed by atoms with Gasteiger partial charge >= 0.3 is 6.03 Å². The highest BCUT2D eigenvalue weighted by Gasteiger charge is 2.57. The number of hydrogen-bond acceptors (Lipinski definition) is 4. The zero-order chi connectivity index (χ0) is 26.0. The highest BCUT2D eigenvalue weighted by atomic mass is 79.9. The van der Waals surface area contributed by atoms with Crippen LogP contribution < -0.4 is 5.32 Å². The maximum atomic E-state index is 13.7. The number of likely N-dealkylation sites (N-methyl/N-ethyl adjacent to an activating group) is 1. The lowest BCUT2D eigenvalue weighted by Gasteiger charge is -2.42. The van der Waals surface area contributed by atoms with Crippen LogP contribution in [-0.4, -0.2) is 64.3 Å². The molecule has 3 fully saturated rings. The fourth-order valence-corrected chi connectivity index (χ4v) is 5.98. The highest BCUT2D eigenvalue weighted by Crippen LogP contribution is 2.38. The summed E-state index contributed by atoms with van der Waals surface area (Å²) in [5.74, 6) is 0.263. The van der Waals surface area contributed by atoms with Gasteiger partial charge in [0.25, 0.3) is 5.91 Å². The highest BCUT2D eigenvalue weighted by molar-refractivity contribution is 9.10. The summed E-state index contributed by atoms with van der Waals surface area (Å²) in [5, 5.41) is 3.26. The molecule has 1 atom stereocenters. The van der Waals surface area contributed by atoms with Gasteiger partial charge in [-0.1, -0.05) is 58.4 Å². The number of carbonyl (C=O) groups is 3. The monoisotopic (exact) mass is 566 g/mol. The van der Waals surface area contributed by atoms with Gasteiger partial charge in [-0.3, -0.25) is 14.5 Å². The van der Waals surface area contributed by atoms with Gasteiger partial charge in [-0.05, 0) is 62.3 Å². The van der Waals surface area contributed by atoms with Crippen molar-refractivity contribution in [2.75, 3.05) is 26.2 Å². The Hall–Kier alpha value is -2.71. The van der Waals surface area contributed by atoms with Gasteiger partial charge in [0.15, 0.2) is 0 Å². The van der Waals surface area contributed by atoms with Crippen molar-refractivity contribution in [2.45, 2.75) is 57.2 Å². The number of rotatable bonds is 9. The summed E-state index contributed by atoms with van der Waals surface area (Å²) in [6.07, 6.45) is 4.05. The number of hydrogen-bond donors (Lipinski definition) is 1. The minimum Gasteiger partial charge on any atom is -0.349 e. The second-order valence-electron chi connectivity index (χ2n) is 10.5. The quantitative estimate of drug-likeness (QED) is 0.445. The lowest BCUT2D eigenvalue weighted by molar-refractivity contribution is -0.136. The number of halogens is 1. The van der Waals surface area contributed by atoms with Crippen molar-refractivity contribution < 1.29 is 14.4 Å². The van der Waals surface area contributed by atoms with E-state index in [4.69, 9.17) is 0 Å². The van der Waals surface area contributed by atoms with Gasteiger partial charge in [-0.15, -0.1) is 0 Å². The van der Waals surface area contributed by atoms with Crippen LogP contribution in [-0.2, 0) is 16.1 Å². The number of amides is 4. The lowest BCUT2D eigenvalue weighted by Crippen LogP contribution is -2.56. The Labute approximate surface area is 227 Å². The molecule has 0 radical (unpaired) electrons. The first kappa shape index (κ1) is 25.9. The molecule has 0 aromatic heterocycles. The van der Waals surface area contributed by atoms with Crippen LogP contribution in [0.15, 0.2) is 59.1 Å². The molecule has 1 saturated carbocycles. The molecular weight excluding hydrogens is 532 g/mol. The van der Waals surface area contributed by atoms with Gasteiger partial charge in [0.1, 0.15) is 5.54 Å². The van der Waals surface area contributed by atoms with E-state index in [1.165, 1.54) is 4.90 Å². The molecule has 4 amide bonds. The van der Waals surface area contributed by atoms with Crippen molar-refractivity contribution in [3.05, 3.63) is 70.2 Å². The van der Waals surface area contributed by atoms with Crippen molar-refractivity contribution in [2.24, 2.45) is 5.92 Å². The van der Waals surface area contributed by atoms with Gasteiger partial charge in [0, 0.05) is 36.6 Å². The summed E-state index contributed by atoms with van der Waals surface area (Å²) >= 11 is 3.44. The summed E-state index contributed by atoms with van der Waals surface area (Å²) in [5.41, 5.74) is 1.31. The average Bonchev–Trinajstić information content (AvgIpc) is 3.75. The Morgan fingerprint density at radius 2 is 1.73 bits per heavy atom. The summed E-state index contributed by atoms with van der Waals surface area (Å²) < 4.78 is 0.968. The molecule has 0 unspecified atom stereocenters. The van der Waals surface area contributed by atoms with E-state index in [0.717, 1.165) is 54.5 Å². The predicted molar refractivity (Wildman–Crippen MR) is 146 cm³/mol. The first-order chi connectivity index (χ1) is 17.9. The molecule has 2 aromatic carbocycles. The topological polar surface area (TPSA) is 73.0 Å². The third-order valence-corrected chi connectivity index (χ3v) is 8.60.